The molecule has 0 aromatic carbocycles. The van der Waals surface area contributed by atoms with Crippen LogP contribution in [0.15, 0.2) is 26.7 Å². The van der Waals surface area contributed by atoms with Crippen LogP contribution < -0.4 is 11.4 Å². The molecule has 0 bridgehead atoms. The van der Waals surface area contributed by atoms with Crippen LogP contribution in [-0.2, 0) is 4.74 Å². The van der Waals surface area contributed by atoms with Gasteiger partial charge in [-0.25, -0.2) is 9.59 Å². The molecular weight excluding hydrogens is 230 g/mol. The van der Waals surface area contributed by atoms with E-state index in [1.165, 1.54) is 31.6 Å². The first-order valence-electron chi connectivity index (χ1n) is 4.40. The highest BCUT2D eigenvalue weighted by Crippen LogP contribution is 2.19. The SMILES string of the molecule is CN.COC(=O)c1cc2sccc2oc1=O. The third-order valence-corrected chi connectivity index (χ3v) is 2.61. The lowest BCUT2D eigenvalue weighted by atomic mass is 10.3. The number of hydrogen-bond donors (Lipinski definition) is 1. The van der Waals surface area contributed by atoms with Crippen molar-refractivity contribution >= 4 is 27.6 Å². The molecule has 0 radical (unpaired) electrons. The molecule has 0 saturated carbocycles. The fourth-order valence-corrected chi connectivity index (χ4v) is 1.85. The zero-order valence-corrected chi connectivity index (χ0v) is 9.67. The molecule has 2 heterocycles. The van der Waals surface area contributed by atoms with Crippen molar-refractivity contribution in [1.82, 2.24) is 0 Å². The highest BCUT2D eigenvalue weighted by Gasteiger charge is 2.13. The lowest BCUT2D eigenvalue weighted by Crippen LogP contribution is -2.14. The number of carbonyl (C=O) groups excluding carboxylic acids is 1. The molecule has 2 rings (SSSR count). The minimum Gasteiger partial charge on any atom is -0.465 e. The summed E-state index contributed by atoms with van der Waals surface area (Å²) in [5, 5.41) is 1.79. The number of hydrogen-bond acceptors (Lipinski definition) is 6. The van der Waals surface area contributed by atoms with E-state index in [1.54, 1.807) is 11.4 Å². The van der Waals surface area contributed by atoms with E-state index in [-0.39, 0.29) is 5.56 Å². The molecule has 0 aliphatic rings. The van der Waals surface area contributed by atoms with Gasteiger partial charge in [0.15, 0.2) is 0 Å². The molecule has 2 N–H and O–H groups in total. The third kappa shape index (κ3) is 2.29. The maximum absolute atomic E-state index is 11.3. The summed E-state index contributed by atoms with van der Waals surface area (Å²) in [6.45, 7) is 0. The summed E-state index contributed by atoms with van der Waals surface area (Å²) in [7, 11) is 2.72. The van der Waals surface area contributed by atoms with Crippen LogP contribution in [0.3, 0.4) is 0 Å². The van der Waals surface area contributed by atoms with Crippen LogP contribution in [0, 0.1) is 0 Å². The first-order chi connectivity index (χ1) is 7.72. The van der Waals surface area contributed by atoms with Gasteiger partial charge in [-0.2, -0.15) is 0 Å². The van der Waals surface area contributed by atoms with Crippen LogP contribution in [0.5, 0.6) is 0 Å². The Kier molecular flexibility index (Phi) is 4.21. The number of nitrogens with two attached hydrogens (primary N) is 1. The first kappa shape index (κ1) is 12.4. The molecule has 16 heavy (non-hydrogen) atoms. The maximum atomic E-state index is 11.3. The lowest BCUT2D eigenvalue weighted by molar-refractivity contribution is 0.0596. The number of ether oxygens (including phenoxy) is 1. The Bertz CT molecular complexity index is 543. The molecule has 0 amide bonds. The van der Waals surface area contributed by atoms with E-state index in [0.29, 0.717) is 5.58 Å². The van der Waals surface area contributed by atoms with Crippen molar-refractivity contribution in [3.63, 3.8) is 0 Å². The molecular formula is C10H11NO4S. The largest absolute Gasteiger partial charge is 0.465 e. The van der Waals surface area contributed by atoms with E-state index in [2.05, 4.69) is 10.5 Å². The summed E-state index contributed by atoms with van der Waals surface area (Å²) in [6.07, 6.45) is 0. The van der Waals surface area contributed by atoms with Gasteiger partial charge in [0.05, 0.1) is 11.8 Å². The normalized spacial score (nSPS) is 9.44. The zero-order chi connectivity index (χ0) is 12.1. The summed E-state index contributed by atoms with van der Waals surface area (Å²) in [5.74, 6) is -0.672. The quantitative estimate of drug-likeness (QED) is 0.759. The van der Waals surface area contributed by atoms with Crippen LogP contribution in [-0.4, -0.2) is 20.1 Å². The number of carbonyl (C=O) groups is 1. The molecule has 0 spiro atoms. The average molecular weight is 241 g/mol. The van der Waals surface area contributed by atoms with Crippen molar-refractivity contribution in [3.8, 4) is 0 Å². The molecule has 5 nitrogen and oxygen atoms in total. The third-order valence-electron chi connectivity index (χ3n) is 1.76. The fraction of sp³-hybridized carbons (Fsp3) is 0.200. The van der Waals surface area contributed by atoms with Gasteiger partial charge in [-0.1, -0.05) is 0 Å². The fourth-order valence-electron chi connectivity index (χ4n) is 1.10. The maximum Gasteiger partial charge on any atom is 0.351 e. The van der Waals surface area contributed by atoms with E-state index in [9.17, 15) is 9.59 Å². The Morgan fingerprint density at radius 3 is 2.81 bits per heavy atom. The standard InChI is InChI=1S/C9H6O4S.CH5N/c1-12-8(10)5-4-7-6(2-3-14-7)13-9(5)11;1-2/h2-4H,1H3;2H2,1H3. The summed E-state index contributed by atoms with van der Waals surface area (Å²) in [6, 6.07) is 3.17. The Balaban J connectivity index is 0.000000606. The second-order valence-corrected chi connectivity index (χ2v) is 3.54. The van der Waals surface area contributed by atoms with Crippen LogP contribution >= 0.6 is 11.3 Å². The Morgan fingerprint density at radius 1 is 1.50 bits per heavy atom. The second-order valence-electron chi connectivity index (χ2n) is 2.59. The van der Waals surface area contributed by atoms with Crippen molar-refractivity contribution in [1.29, 1.82) is 0 Å². The molecule has 0 aliphatic carbocycles. The molecule has 0 unspecified atom stereocenters. The number of fused-ring (bicyclic) bond motifs is 1. The number of thiophene rings is 1. The summed E-state index contributed by atoms with van der Waals surface area (Å²) in [5.41, 5.74) is 4.26. The molecule has 2 aromatic heterocycles. The van der Waals surface area contributed by atoms with E-state index in [4.69, 9.17) is 4.42 Å². The zero-order valence-electron chi connectivity index (χ0n) is 8.85. The van der Waals surface area contributed by atoms with Gasteiger partial charge in [-0.05, 0) is 24.6 Å². The summed E-state index contributed by atoms with van der Waals surface area (Å²) < 4.78 is 10.1. The molecule has 0 saturated heterocycles. The van der Waals surface area contributed by atoms with Gasteiger partial charge in [0.1, 0.15) is 11.1 Å². The van der Waals surface area contributed by atoms with Crippen molar-refractivity contribution in [2.24, 2.45) is 5.73 Å². The van der Waals surface area contributed by atoms with Crippen LogP contribution in [0.25, 0.3) is 10.3 Å². The van der Waals surface area contributed by atoms with E-state index in [1.807, 2.05) is 0 Å². The van der Waals surface area contributed by atoms with Crippen molar-refractivity contribution in [2.45, 2.75) is 0 Å². The van der Waals surface area contributed by atoms with Gasteiger partial charge in [0.25, 0.3) is 0 Å². The minimum absolute atomic E-state index is 0.0672. The van der Waals surface area contributed by atoms with Gasteiger partial charge in [0.2, 0.25) is 0 Å². The number of methoxy groups -OCH3 is 1. The van der Waals surface area contributed by atoms with Crippen LogP contribution in [0.1, 0.15) is 10.4 Å². The molecule has 0 atom stereocenters. The van der Waals surface area contributed by atoms with Crippen LogP contribution in [0.2, 0.25) is 0 Å². The van der Waals surface area contributed by atoms with Crippen molar-refractivity contribution in [2.75, 3.05) is 14.2 Å². The monoisotopic (exact) mass is 241 g/mol. The van der Waals surface area contributed by atoms with Crippen molar-refractivity contribution in [3.05, 3.63) is 33.5 Å². The highest BCUT2D eigenvalue weighted by molar-refractivity contribution is 7.17. The first-order valence-corrected chi connectivity index (χ1v) is 5.28. The van der Waals surface area contributed by atoms with E-state index in [0.717, 1.165) is 4.70 Å². The van der Waals surface area contributed by atoms with Gasteiger partial charge in [0, 0.05) is 0 Å². The second kappa shape index (κ2) is 5.43. The number of rotatable bonds is 1. The molecule has 0 aliphatic heterocycles. The smallest absolute Gasteiger partial charge is 0.351 e. The average Bonchev–Trinajstić information content (AvgIpc) is 2.76. The summed E-state index contributed by atoms with van der Waals surface area (Å²) >= 11 is 1.40. The Hall–Kier alpha value is -1.66. The highest BCUT2D eigenvalue weighted by atomic mass is 32.1. The van der Waals surface area contributed by atoms with E-state index < -0.39 is 11.6 Å². The minimum atomic E-state index is -0.672. The Morgan fingerprint density at radius 2 is 2.19 bits per heavy atom. The lowest BCUT2D eigenvalue weighted by Gasteiger charge is -1.96. The van der Waals surface area contributed by atoms with E-state index >= 15 is 0 Å². The topological polar surface area (TPSA) is 82.5 Å². The molecule has 86 valence electrons. The predicted octanol–water partition coefficient (Wildman–Crippen LogP) is 1.22. The molecule has 0 fully saturated rings. The predicted molar refractivity (Wildman–Crippen MR) is 61.8 cm³/mol. The molecule has 2 aromatic rings. The van der Waals surface area contributed by atoms with Gasteiger partial charge >= 0.3 is 11.6 Å². The van der Waals surface area contributed by atoms with Gasteiger partial charge < -0.3 is 14.9 Å². The number of esters is 1. The van der Waals surface area contributed by atoms with Crippen LogP contribution in [0.4, 0.5) is 0 Å². The van der Waals surface area contributed by atoms with Gasteiger partial charge in [-0.15, -0.1) is 11.3 Å². The van der Waals surface area contributed by atoms with Gasteiger partial charge in [-0.3, -0.25) is 0 Å². The summed E-state index contributed by atoms with van der Waals surface area (Å²) in [4.78, 5) is 22.4. The molecule has 6 heteroatoms. The Labute approximate surface area is 95.4 Å². The van der Waals surface area contributed by atoms with Crippen molar-refractivity contribution < 1.29 is 13.9 Å².